The molecule has 3 N–H and O–H groups in total. The fourth-order valence-corrected chi connectivity index (χ4v) is 2.43. The summed E-state index contributed by atoms with van der Waals surface area (Å²) in [5.41, 5.74) is 0. The molecule has 1 aliphatic rings. The summed E-state index contributed by atoms with van der Waals surface area (Å²) < 4.78 is 0. The van der Waals surface area contributed by atoms with Crippen LogP contribution in [0.5, 0.6) is 0 Å². The smallest absolute Gasteiger partial charge is 0.248 e. The van der Waals surface area contributed by atoms with Crippen molar-refractivity contribution in [3.8, 4) is 0 Å². The molecule has 1 amide bonds. The number of carbonyl (C=O) groups is 1. The second-order valence-corrected chi connectivity index (χ2v) is 5.26. The van der Waals surface area contributed by atoms with Crippen molar-refractivity contribution >= 4 is 23.2 Å². The van der Waals surface area contributed by atoms with Gasteiger partial charge in [-0.05, 0) is 25.1 Å². The zero-order valence-electron chi connectivity index (χ0n) is 10.9. The van der Waals surface area contributed by atoms with Crippen LogP contribution in [0.25, 0.3) is 0 Å². The van der Waals surface area contributed by atoms with Crippen LogP contribution < -0.4 is 10.6 Å². The van der Waals surface area contributed by atoms with Crippen LogP contribution in [0.15, 0.2) is 0 Å². The molecule has 0 aliphatic carbocycles. The number of hydrogen-bond acceptors (Lipinski definition) is 3. The normalized spacial score (nSPS) is 18.8. The van der Waals surface area contributed by atoms with Gasteiger partial charge in [-0.2, -0.15) is 0 Å². The zero-order chi connectivity index (χ0) is 13.2. The highest BCUT2D eigenvalue weighted by Gasteiger charge is 2.25. The van der Waals surface area contributed by atoms with Gasteiger partial charge in [0.1, 0.15) is 6.04 Å². The molecule has 0 saturated carbocycles. The first-order valence-corrected chi connectivity index (χ1v) is 7.37. The highest BCUT2D eigenvalue weighted by molar-refractivity contribution is 7.80. The van der Waals surface area contributed by atoms with Gasteiger partial charge in [-0.15, -0.1) is 0 Å². The second-order valence-electron chi connectivity index (χ2n) is 4.86. The molecule has 18 heavy (non-hydrogen) atoms. The van der Waals surface area contributed by atoms with Crippen LogP contribution in [0.3, 0.4) is 0 Å². The van der Waals surface area contributed by atoms with Crippen LogP contribution in [0.2, 0.25) is 0 Å². The molecule has 1 saturated heterocycles. The summed E-state index contributed by atoms with van der Waals surface area (Å²) in [4.78, 5) is 11.4. The van der Waals surface area contributed by atoms with Gasteiger partial charge in [0.2, 0.25) is 5.91 Å². The number of aliphatic hydroxyl groups excluding tert-OH is 1. The fourth-order valence-electron chi connectivity index (χ4n) is 2.18. The van der Waals surface area contributed by atoms with Crippen LogP contribution >= 0.6 is 12.2 Å². The van der Waals surface area contributed by atoms with Crippen LogP contribution in [-0.2, 0) is 4.79 Å². The molecule has 104 valence electrons. The van der Waals surface area contributed by atoms with Gasteiger partial charge >= 0.3 is 0 Å². The second kappa shape index (κ2) is 9.28. The SMILES string of the molecule is O=C1NC(=S)NC1CCCCCCCCCCO. The average Bonchev–Trinajstić information content (AvgIpc) is 2.66. The van der Waals surface area contributed by atoms with Crippen molar-refractivity contribution in [2.45, 2.75) is 63.8 Å². The van der Waals surface area contributed by atoms with Crippen molar-refractivity contribution in [2.24, 2.45) is 0 Å². The van der Waals surface area contributed by atoms with E-state index < -0.39 is 0 Å². The van der Waals surface area contributed by atoms with E-state index in [0.717, 1.165) is 25.7 Å². The first kappa shape index (κ1) is 15.4. The molecule has 0 aromatic heterocycles. The number of carbonyl (C=O) groups excluding carboxylic acids is 1. The molecule has 0 aromatic carbocycles. The lowest BCUT2D eigenvalue weighted by molar-refractivity contribution is -0.120. The van der Waals surface area contributed by atoms with Crippen molar-refractivity contribution in [1.82, 2.24) is 10.6 Å². The number of thiocarbonyl (C=S) groups is 1. The topological polar surface area (TPSA) is 61.4 Å². The molecule has 1 rings (SSSR count). The Balaban J connectivity index is 1.87. The molecule has 1 aliphatic heterocycles. The maximum atomic E-state index is 11.4. The molecule has 0 bridgehead atoms. The highest BCUT2D eigenvalue weighted by atomic mass is 32.1. The Hall–Kier alpha value is -0.680. The molecule has 4 nitrogen and oxygen atoms in total. The van der Waals surface area contributed by atoms with E-state index >= 15 is 0 Å². The van der Waals surface area contributed by atoms with Crippen LogP contribution in [0, 0.1) is 0 Å². The Morgan fingerprint density at radius 2 is 1.56 bits per heavy atom. The molecule has 1 heterocycles. The number of hydrogen-bond donors (Lipinski definition) is 3. The Bertz CT molecular complexity index is 272. The molecule has 0 spiro atoms. The average molecular weight is 272 g/mol. The predicted molar refractivity (Wildman–Crippen MR) is 76.3 cm³/mol. The molecule has 0 aromatic rings. The predicted octanol–water partition coefficient (Wildman–Crippen LogP) is 1.86. The lowest BCUT2D eigenvalue weighted by atomic mass is 10.0. The van der Waals surface area contributed by atoms with Gasteiger partial charge in [0.25, 0.3) is 0 Å². The highest BCUT2D eigenvalue weighted by Crippen LogP contribution is 2.11. The minimum absolute atomic E-state index is 0.0176. The van der Waals surface area contributed by atoms with Gasteiger partial charge in [0.05, 0.1) is 0 Å². The van der Waals surface area contributed by atoms with E-state index in [-0.39, 0.29) is 11.9 Å². The number of aliphatic hydroxyl groups is 1. The van der Waals surface area contributed by atoms with Crippen molar-refractivity contribution < 1.29 is 9.90 Å². The van der Waals surface area contributed by atoms with E-state index in [9.17, 15) is 4.79 Å². The number of unbranched alkanes of at least 4 members (excludes halogenated alkanes) is 7. The summed E-state index contributed by atoms with van der Waals surface area (Å²) in [6.45, 7) is 0.318. The maximum absolute atomic E-state index is 11.4. The minimum Gasteiger partial charge on any atom is -0.396 e. The Morgan fingerprint density at radius 1 is 1.00 bits per heavy atom. The summed E-state index contributed by atoms with van der Waals surface area (Å²) in [5.74, 6) is 0.0176. The van der Waals surface area contributed by atoms with E-state index in [1.54, 1.807) is 0 Å². The van der Waals surface area contributed by atoms with E-state index in [1.807, 2.05) is 0 Å². The number of nitrogens with one attached hydrogen (secondary N) is 2. The van der Waals surface area contributed by atoms with Crippen molar-refractivity contribution in [3.63, 3.8) is 0 Å². The maximum Gasteiger partial charge on any atom is 0.248 e. The minimum atomic E-state index is -0.109. The standard InChI is InChI=1S/C13H24N2O2S/c16-10-8-6-4-2-1-3-5-7-9-11-12(17)15-13(18)14-11/h11,16H,1-10H2,(H2,14,15,17,18). The zero-order valence-corrected chi connectivity index (χ0v) is 11.7. The quantitative estimate of drug-likeness (QED) is 0.420. The third kappa shape index (κ3) is 6.31. The van der Waals surface area contributed by atoms with Gasteiger partial charge < -0.3 is 15.7 Å². The first-order chi connectivity index (χ1) is 8.74. The van der Waals surface area contributed by atoms with E-state index in [4.69, 9.17) is 17.3 Å². The summed E-state index contributed by atoms with van der Waals surface area (Å²) in [6.07, 6.45) is 10.2. The lowest BCUT2D eigenvalue weighted by Gasteiger charge is -2.07. The van der Waals surface area contributed by atoms with Gasteiger partial charge in [0.15, 0.2) is 5.11 Å². The fraction of sp³-hybridized carbons (Fsp3) is 0.846. The summed E-state index contributed by atoms with van der Waals surface area (Å²) >= 11 is 4.88. The molecule has 1 unspecified atom stereocenters. The van der Waals surface area contributed by atoms with Gasteiger partial charge in [-0.3, -0.25) is 4.79 Å². The van der Waals surface area contributed by atoms with E-state index in [0.29, 0.717) is 11.7 Å². The molecule has 1 atom stereocenters. The van der Waals surface area contributed by atoms with Crippen LogP contribution in [0.1, 0.15) is 57.8 Å². The van der Waals surface area contributed by atoms with Crippen LogP contribution in [-0.4, -0.2) is 28.8 Å². The largest absolute Gasteiger partial charge is 0.396 e. The Labute approximate surface area is 115 Å². The number of amides is 1. The summed E-state index contributed by atoms with van der Waals surface area (Å²) in [7, 11) is 0. The van der Waals surface area contributed by atoms with Gasteiger partial charge in [-0.25, -0.2) is 0 Å². The van der Waals surface area contributed by atoms with Crippen molar-refractivity contribution in [3.05, 3.63) is 0 Å². The Kier molecular flexibility index (Phi) is 7.93. The molecule has 1 fully saturated rings. The van der Waals surface area contributed by atoms with Gasteiger partial charge in [-0.1, -0.05) is 44.9 Å². The summed E-state index contributed by atoms with van der Waals surface area (Å²) in [5, 5.41) is 14.7. The third-order valence-corrected chi connectivity index (χ3v) is 3.48. The van der Waals surface area contributed by atoms with Crippen molar-refractivity contribution in [2.75, 3.05) is 6.61 Å². The molecule has 5 heteroatoms. The van der Waals surface area contributed by atoms with Crippen molar-refractivity contribution in [1.29, 1.82) is 0 Å². The van der Waals surface area contributed by atoms with Gasteiger partial charge in [0, 0.05) is 6.61 Å². The third-order valence-electron chi connectivity index (χ3n) is 3.26. The summed E-state index contributed by atoms with van der Waals surface area (Å²) in [6, 6.07) is -0.109. The lowest BCUT2D eigenvalue weighted by Crippen LogP contribution is -2.28. The Morgan fingerprint density at radius 3 is 2.06 bits per heavy atom. The first-order valence-electron chi connectivity index (χ1n) is 6.96. The van der Waals surface area contributed by atoms with E-state index in [1.165, 1.54) is 32.1 Å². The van der Waals surface area contributed by atoms with E-state index in [2.05, 4.69) is 10.6 Å². The monoisotopic (exact) mass is 272 g/mol. The molecular formula is C13H24N2O2S. The molecule has 0 radical (unpaired) electrons. The number of rotatable bonds is 10. The van der Waals surface area contributed by atoms with Crippen LogP contribution in [0.4, 0.5) is 0 Å². The molecular weight excluding hydrogens is 248 g/mol.